The van der Waals surface area contributed by atoms with Crippen LogP contribution in [0.25, 0.3) is 0 Å². The Labute approximate surface area is 258 Å². The molecule has 0 aliphatic rings. The maximum absolute atomic E-state index is 11.5. The van der Waals surface area contributed by atoms with Gasteiger partial charge in [-0.05, 0) is 36.5 Å². The standard InChI is InChI=1S/C16H21NO4.C16H22O4.C2H6.H2/c1-4-15(18)20-9-8-17-16(19)21-11-13-6-5-7-14(10-13)12(2)3;1-13(2)16(17)20-10-9-18-7-8-19-12-15-6-4-5-14(3)11-15;1-2;/h4-7,10,12H,1,8-9,11H2,2-3H3,(H,17,19);4-6,11H,1,7-10,12H2,2-3H3;1-2H3;1H. The molecule has 0 unspecified atom stereocenters. The van der Waals surface area contributed by atoms with Crippen LogP contribution < -0.4 is 5.32 Å². The Kier molecular flexibility index (Phi) is 22.4. The van der Waals surface area contributed by atoms with Crippen LogP contribution in [0, 0.1) is 6.92 Å². The van der Waals surface area contributed by atoms with Crippen molar-refractivity contribution in [2.45, 2.75) is 60.7 Å². The summed E-state index contributed by atoms with van der Waals surface area (Å²) >= 11 is 0. The first-order valence-corrected chi connectivity index (χ1v) is 14.4. The number of amides is 1. The molecule has 1 amide bonds. The molecule has 240 valence electrons. The average molecular weight is 602 g/mol. The molecule has 0 aliphatic carbocycles. The maximum Gasteiger partial charge on any atom is 0.407 e. The summed E-state index contributed by atoms with van der Waals surface area (Å²) in [7, 11) is 0. The lowest BCUT2D eigenvalue weighted by Gasteiger charge is -2.09. The number of aryl methyl sites for hydroxylation is 1. The van der Waals surface area contributed by atoms with E-state index in [0.717, 1.165) is 17.2 Å². The molecule has 0 radical (unpaired) electrons. The van der Waals surface area contributed by atoms with Crippen LogP contribution in [0.2, 0.25) is 0 Å². The van der Waals surface area contributed by atoms with E-state index < -0.39 is 12.1 Å². The van der Waals surface area contributed by atoms with Gasteiger partial charge in [-0.15, -0.1) is 0 Å². The average Bonchev–Trinajstić information content (AvgIpc) is 3.00. The number of rotatable bonds is 16. The number of carbonyl (C=O) groups is 3. The second kappa shape index (κ2) is 24.6. The highest BCUT2D eigenvalue weighted by atomic mass is 16.6. The number of ether oxygens (including phenoxy) is 5. The van der Waals surface area contributed by atoms with E-state index >= 15 is 0 Å². The Morgan fingerprint density at radius 1 is 0.860 bits per heavy atom. The summed E-state index contributed by atoms with van der Waals surface area (Å²) in [4.78, 5) is 33.3. The minimum absolute atomic E-state index is 0. The lowest BCUT2D eigenvalue weighted by molar-refractivity contribution is -0.140. The van der Waals surface area contributed by atoms with E-state index in [4.69, 9.17) is 23.7 Å². The van der Waals surface area contributed by atoms with Crippen LogP contribution in [0.3, 0.4) is 0 Å². The van der Waals surface area contributed by atoms with Gasteiger partial charge in [0.25, 0.3) is 0 Å². The molecule has 9 heteroatoms. The van der Waals surface area contributed by atoms with Crippen molar-refractivity contribution in [2.24, 2.45) is 0 Å². The molecule has 2 aromatic carbocycles. The molecule has 1 N–H and O–H groups in total. The van der Waals surface area contributed by atoms with Gasteiger partial charge in [0.05, 0.1) is 33.0 Å². The maximum atomic E-state index is 11.5. The van der Waals surface area contributed by atoms with Gasteiger partial charge in [0, 0.05) is 13.1 Å². The third kappa shape index (κ3) is 20.6. The van der Waals surface area contributed by atoms with Gasteiger partial charge in [-0.2, -0.15) is 0 Å². The molecule has 0 saturated heterocycles. The third-order valence-corrected chi connectivity index (χ3v) is 5.30. The molecule has 0 bridgehead atoms. The molecule has 2 rings (SSSR count). The Bertz CT molecular complexity index is 1120. The van der Waals surface area contributed by atoms with Gasteiger partial charge >= 0.3 is 18.0 Å². The Morgan fingerprint density at radius 3 is 2.12 bits per heavy atom. The zero-order valence-corrected chi connectivity index (χ0v) is 26.6. The van der Waals surface area contributed by atoms with Crippen LogP contribution in [-0.2, 0) is 46.5 Å². The van der Waals surface area contributed by atoms with Crippen LogP contribution in [0.1, 0.15) is 64.2 Å². The van der Waals surface area contributed by atoms with Crippen molar-refractivity contribution in [3.63, 3.8) is 0 Å². The van der Waals surface area contributed by atoms with Crippen molar-refractivity contribution >= 4 is 18.0 Å². The predicted octanol–water partition coefficient (Wildman–Crippen LogP) is 6.69. The minimum Gasteiger partial charge on any atom is -0.461 e. The van der Waals surface area contributed by atoms with Crippen molar-refractivity contribution in [1.29, 1.82) is 0 Å². The molecule has 0 fully saturated rings. The summed E-state index contributed by atoms with van der Waals surface area (Å²) in [6, 6.07) is 16.1. The second-order valence-corrected chi connectivity index (χ2v) is 9.34. The fourth-order valence-electron chi connectivity index (χ4n) is 3.13. The summed E-state index contributed by atoms with van der Waals surface area (Å²) in [6.45, 7) is 21.3. The smallest absolute Gasteiger partial charge is 0.407 e. The fourth-order valence-corrected chi connectivity index (χ4v) is 3.13. The molecule has 9 nitrogen and oxygen atoms in total. The van der Waals surface area contributed by atoms with Gasteiger partial charge in [0.2, 0.25) is 0 Å². The van der Waals surface area contributed by atoms with Gasteiger partial charge < -0.3 is 29.0 Å². The van der Waals surface area contributed by atoms with Gasteiger partial charge in [-0.3, -0.25) is 0 Å². The van der Waals surface area contributed by atoms with E-state index in [9.17, 15) is 14.4 Å². The Morgan fingerprint density at radius 2 is 1.49 bits per heavy atom. The van der Waals surface area contributed by atoms with E-state index in [2.05, 4.69) is 51.4 Å². The molecule has 0 heterocycles. The molecular weight excluding hydrogens is 550 g/mol. The quantitative estimate of drug-likeness (QED) is 0.0982. The normalized spacial score (nSPS) is 9.84. The van der Waals surface area contributed by atoms with Gasteiger partial charge in [0.1, 0.15) is 19.8 Å². The summed E-state index contributed by atoms with van der Waals surface area (Å²) in [6.07, 6.45) is 0.527. The van der Waals surface area contributed by atoms with Gasteiger partial charge in [-0.1, -0.05) is 94.9 Å². The number of esters is 2. The first-order valence-electron chi connectivity index (χ1n) is 14.4. The van der Waals surface area contributed by atoms with Crippen LogP contribution in [0.15, 0.2) is 73.3 Å². The molecular formula is C34H51NO8. The van der Waals surface area contributed by atoms with E-state index in [0.29, 0.717) is 37.9 Å². The van der Waals surface area contributed by atoms with E-state index in [1.165, 1.54) is 11.1 Å². The van der Waals surface area contributed by atoms with Crippen LogP contribution >= 0.6 is 0 Å². The number of hydrogen-bond donors (Lipinski definition) is 1. The molecule has 0 saturated carbocycles. The van der Waals surface area contributed by atoms with Crippen molar-refractivity contribution in [2.75, 3.05) is 39.6 Å². The Balaban J connectivity index is 0. The second-order valence-electron chi connectivity index (χ2n) is 9.34. The number of benzene rings is 2. The van der Waals surface area contributed by atoms with E-state index in [-0.39, 0.29) is 33.8 Å². The van der Waals surface area contributed by atoms with Crippen LogP contribution in [0.4, 0.5) is 4.79 Å². The predicted molar refractivity (Wildman–Crippen MR) is 171 cm³/mol. The molecule has 0 aromatic heterocycles. The molecule has 0 aliphatic heterocycles. The first-order chi connectivity index (χ1) is 20.6. The zero-order chi connectivity index (χ0) is 32.5. The lowest BCUT2D eigenvalue weighted by atomic mass is 10.0. The zero-order valence-electron chi connectivity index (χ0n) is 26.6. The highest BCUT2D eigenvalue weighted by Crippen LogP contribution is 2.16. The Hall–Kier alpha value is -3.95. The van der Waals surface area contributed by atoms with E-state index in [1.54, 1.807) is 6.92 Å². The number of hydrogen-bond acceptors (Lipinski definition) is 8. The van der Waals surface area contributed by atoms with Crippen molar-refractivity contribution in [3.8, 4) is 0 Å². The highest BCUT2D eigenvalue weighted by molar-refractivity contribution is 5.86. The van der Waals surface area contributed by atoms with E-state index in [1.807, 2.05) is 50.2 Å². The summed E-state index contributed by atoms with van der Waals surface area (Å²) in [5, 5.41) is 2.50. The number of carbonyl (C=O) groups excluding carboxylic acids is 3. The fraction of sp³-hybridized carbons (Fsp3) is 0.441. The van der Waals surface area contributed by atoms with Crippen molar-refractivity contribution in [1.82, 2.24) is 5.32 Å². The SMILES string of the molecule is C=C(C)C(=O)OCCOCCOCc1cccc(C)c1.C=CC(=O)OCCNC(=O)OCc1cccc(C(C)C)c1.CC.[HH]. The largest absolute Gasteiger partial charge is 0.461 e. The van der Waals surface area contributed by atoms with Crippen molar-refractivity contribution in [3.05, 3.63) is 95.6 Å². The molecule has 2 aromatic rings. The van der Waals surface area contributed by atoms with Crippen molar-refractivity contribution < 1.29 is 39.5 Å². The highest BCUT2D eigenvalue weighted by Gasteiger charge is 2.05. The molecule has 0 atom stereocenters. The minimum atomic E-state index is -0.542. The molecule has 0 spiro atoms. The lowest BCUT2D eigenvalue weighted by Crippen LogP contribution is -2.28. The van der Waals surface area contributed by atoms with Gasteiger partial charge in [0.15, 0.2) is 0 Å². The third-order valence-electron chi connectivity index (χ3n) is 5.30. The summed E-state index contributed by atoms with van der Waals surface area (Å²) in [5.74, 6) is -0.474. The summed E-state index contributed by atoms with van der Waals surface area (Å²) in [5.41, 5.74) is 4.91. The molecule has 43 heavy (non-hydrogen) atoms. The number of alkyl carbamates (subject to hydrolysis) is 1. The number of nitrogens with one attached hydrogen (secondary N) is 1. The summed E-state index contributed by atoms with van der Waals surface area (Å²) < 4.78 is 25.5. The topological polar surface area (TPSA) is 109 Å². The van der Waals surface area contributed by atoms with Crippen LogP contribution in [0.5, 0.6) is 0 Å². The monoisotopic (exact) mass is 601 g/mol. The first kappa shape index (κ1) is 39.0. The van der Waals surface area contributed by atoms with Crippen LogP contribution in [-0.4, -0.2) is 57.6 Å². The van der Waals surface area contributed by atoms with Gasteiger partial charge in [-0.25, -0.2) is 14.4 Å².